The lowest BCUT2D eigenvalue weighted by molar-refractivity contribution is -0.274. The van der Waals surface area contributed by atoms with Crippen molar-refractivity contribution < 1.29 is 36.8 Å². The van der Waals surface area contributed by atoms with Crippen LogP contribution in [0.25, 0.3) is 11.1 Å². The first-order valence-corrected chi connectivity index (χ1v) is 13.7. The molecule has 0 aromatic heterocycles. The minimum atomic E-state index is -4.75. The summed E-state index contributed by atoms with van der Waals surface area (Å²) in [5, 5.41) is 8.88. The van der Waals surface area contributed by atoms with Crippen molar-refractivity contribution in [3.05, 3.63) is 71.3 Å². The zero-order valence-corrected chi connectivity index (χ0v) is 22.9. The highest BCUT2D eigenvalue weighted by atomic mass is 32.2. The van der Waals surface area contributed by atoms with Crippen LogP contribution in [0, 0.1) is 12.8 Å². The van der Waals surface area contributed by atoms with Crippen molar-refractivity contribution >= 4 is 22.6 Å². The van der Waals surface area contributed by atoms with Crippen LogP contribution in [-0.4, -0.2) is 34.8 Å². The fraction of sp³-hybridized carbons (Fsp3) is 0.345. The first-order valence-electron chi connectivity index (χ1n) is 12.6. The van der Waals surface area contributed by atoms with Gasteiger partial charge in [0, 0.05) is 12.5 Å². The number of anilines is 1. The van der Waals surface area contributed by atoms with E-state index in [1.54, 1.807) is 37.3 Å². The van der Waals surface area contributed by atoms with E-state index >= 15 is 0 Å². The summed E-state index contributed by atoms with van der Waals surface area (Å²) < 4.78 is 62.9. The molecule has 0 bridgehead atoms. The van der Waals surface area contributed by atoms with Crippen LogP contribution in [0.15, 0.2) is 59.5 Å². The summed E-state index contributed by atoms with van der Waals surface area (Å²) in [5.41, 5.74) is 5.29. The summed E-state index contributed by atoms with van der Waals surface area (Å²) in [4.78, 5) is 11.4. The molecule has 208 valence electrons. The number of benzene rings is 3. The van der Waals surface area contributed by atoms with Gasteiger partial charge in [-0.05, 0) is 89.5 Å². The number of halogens is 3. The second-order valence-corrected chi connectivity index (χ2v) is 11.2. The second-order valence-electron chi connectivity index (χ2n) is 9.77. The minimum Gasteiger partial charge on any atom is -0.482 e. The van der Waals surface area contributed by atoms with Crippen LogP contribution >= 0.6 is 0 Å². The van der Waals surface area contributed by atoms with E-state index in [1.165, 1.54) is 12.1 Å². The van der Waals surface area contributed by atoms with Gasteiger partial charge < -0.3 is 14.6 Å². The molecule has 1 aliphatic heterocycles. The highest BCUT2D eigenvalue weighted by Crippen LogP contribution is 2.46. The number of fused-ring (bicyclic) bond motifs is 1. The molecule has 3 aromatic carbocycles. The molecule has 6 nitrogen and oxygen atoms in total. The smallest absolute Gasteiger partial charge is 0.482 e. The Morgan fingerprint density at radius 3 is 2.36 bits per heavy atom. The monoisotopic (exact) mass is 561 g/mol. The molecular formula is C29H30F3NO5S. The Labute approximate surface area is 228 Å². The number of hydrogen-bond acceptors (Lipinski definition) is 4. The third kappa shape index (κ3) is 6.38. The SMILES string of the molecule is CCc1cc(-c2ccc(OC(F)(F)F)cc2)cc2c1N(S(=O)c1ccc(OCC(=O)O)c(C)c1)CC2C(C)C. The number of hydrogen-bond donors (Lipinski definition) is 1. The standard InChI is InChI=1S/C29H30F3NO5S/c1-5-19-13-21(20-6-8-22(9-7-20)38-29(30,31)32)14-24-25(17(2)3)15-33(28(19)24)39(36)23-10-11-26(18(4)12-23)37-16-27(34)35/h6-14,17,25H,5,15-16H2,1-4H3,(H,34,35). The molecule has 0 saturated carbocycles. The van der Waals surface area contributed by atoms with E-state index in [1.807, 2.05) is 23.4 Å². The average Bonchev–Trinajstić information content (AvgIpc) is 3.26. The Morgan fingerprint density at radius 1 is 1.10 bits per heavy atom. The third-order valence-corrected chi connectivity index (χ3v) is 8.13. The van der Waals surface area contributed by atoms with Crippen molar-refractivity contribution in [1.82, 2.24) is 0 Å². The molecule has 10 heteroatoms. The van der Waals surface area contributed by atoms with Crippen molar-refractivity contribution in [3.8, 4) is 22.6 Å². The predicted molar refractivity (Wildman–Crippen MR) is 144 cm³/mol. The van der Waals surface area contributed by atoms with E-state index in [-0.39, 0.29) is 17.6 Å². The zero-order valence-electron chi connectivity index (χ0n) is 22.0. The van der Waals surface area contributed by atoms with E-state index in [2.05, 4.69) is 18.6 Å². The maximum Gasteiger partial charge on any atom is 0.573 e. The lowest BCUT2D eigenvalue weighted by atomic mass is 9.87. The van der Waals surface area contributed by atoms with Gasteiger partial charge in [-0.3, -0.25) is 4.31 Å². The Hall–Kier alpha value is -3.53. The van der Waals surface area contributed by atoms with Crippen molar-refractivity contribution in [2.24, 2.45) is 5.92 Å². The summed E-state index contributed by atoms with van der Waals surface area (Å²) in [5.74, 6) is -0.583. The predicted octanol–water partition coefficient (Wildman–Crippen LogP) is 6.87. The molecule has 0 saturated heterocycles. The summed E-state index contributed by atoms with van der Waals surface area (Å²) in [6, 6.07) is 14.9. The lowest BCUT2D eigenvalue weighted by Gasteiger charge is -2.22. The molecule has 2 atom stereocenters. The summed E-state index contributed by atoms with van der Waals surface area (Å²) in [6.45, 7) is 8.11. The Balaban J connectivity index is 1.70. The second kappa shape index (κ2) is 11.3. The summed E-state index contributed by atoms with van der Waals surface area (Å²) >= 11 is 0. The van der Waals surface area contributed by atoms with Crippen LogP contribution in [0.4, 0.5) is 18.9 Å². The van der Waals surface area contributed by atoms with Gasteiger partial charge in [0.2, 0.25) is 0 Å². The third-order valence-electron chi connectivity index (χ3n) is 6.74. The zero-order chi connectivity index (χ0) is 28.5. The number of rotatable bonds is 9. The van der Waals surface area contributed by atoms with Crippen molar-refractivity contribution in [2.45, 2.75) is 51.3 Å². The molecule has 0 spiro atoms. The van der Waals surface area contributed by atoms with Gasteiger partial charge in [0.25, 0.3) is 0 Å². The topological polar surface area (TPSA) is 76.1 Å². The largest absolute Gasteiger partial charge is 0.573 e. The van der Waals surface area contributed by atoms with Gasteiger partial charge in [-0.15, -0.1) is 13.2 Å². The first-order chi connectivity index (χ1) is 18.4. The van der Waals surface area contributed by atoms with Gasteiger partial charge >= 0.3 is 12.3 Å². The molecule has 0 fully saturated rings. The van der Waals surface area contributed by atoms with E-state index in [0.717, 1.165) is 27.9 Å². The van der Waals surface area contributed by atoms with E-state index in [9.17, 15) is 22.2 Å². The van der Waals surface area contributed by atoms with Crippen molar-refractivity contribution in [2.75, 3.05) is 17.5 Å². The number of carboxylic acids is 1. The normalized spacial score (nSPS) is 15.8. The van der Waals surface area contributed by atoms with Gasteiger partial charge in [0.1, 0.15) is 11.5 Å². The van der Waals surface area contributed by atoms with Crippen LogP contribution in [0.1, 0.15) is 43.4 Å². The summed E-state index contributed by atoms with van der Waals surface area (Å²) in [7, 11) is -1.53. The van der Waals surface area contributed by atoms with Gasteiger partial charge in [-0.1, -0.05) is 32.9 Å². The molecule has 1 heterocycles. The van der Waals surface area contributed by atoms with Gasteiger partial charge in [-0.2, -0.15) is 0 Å². The van der Waals surface area contributed by atoms with E-state index in [0.29, 0.717) is 29.2 Å². The number of nitrogens with zero attached hydrogens (tertiary/aromatic N) is 1. The Bertz CT molecular complexity index is 1390. The van der Waals surface area contributed by atoms with Gasteiger partial charge in [-0.25, -0.2) is 9.00 Å². The fourth-order valence-electron chi connectivity index (χ4n) is 4.84. The van der Waals surface area contributed by atoms with Crippen molar-refractivity contribution in [3.63, 3.8) is 0 Å². The van der Waals surface area contributed by atoms with Crippen molar-refractivity contribution in [1.29, 1.82) is 0 Å². The minimum absolute atomic E-state index is 0.0984. The molecule has 3 aromatic rings. The van der Waals surface area contributed by atoms with E-state index < -0.39 is 29.9 Å². The van der Waals surface area contributed by atoms with Crippen LogP contribution < -0.4 is 13.8 Å². The maximum atomic E-state index is 13.9. The Kier molecular flexibility index (Phi) is 8.25. The quantitative estimate of drug-likeness (QED) is 0.309. The highest BCUT2D eigenvalue weighted by molar-refractivity contribution is 7.86. The number of alkyl halides is 3. The van der Waals surface area contributed by atoms with E-state index in [4.69, 9.17) is 9.84 Å². The molecule has 1 N–H and O–H groups in total. The van der Waals surface area contributed by atoms with Crippen LogP contribution in [0.3, 0.4) is 0 Å². The maximum absolute atomic E-state index is 13.9. The molecule has 4 rings (SSSR count). The van der Waals surface area contributed by atoms with Crippen LogP contribution in [0.5, 0.6) is 11.5 Å². The molecular weight excluding hydrogens is 531 g/mol. The lowest BCUT2D eigenvalue weighted by Crippen LogP contribution is -2.26. The average molecular weight is 562 g/mol. The number of carbonyl (C=O) groups is 1. The molecule has 0 amide bonds. The molecule has 1 aliphatic rings. The van der Waals surface area contributed by atoms with Crippen LogP contribution in [-0.2, 0) is 22.2 Å². The fourth-order valence-corrected chi connectivity index (χ4v) is 6.24. The number of aryl methyl sites for hydroxylation is 2. The molecule has 39 heavy (non-hydrogen) atoms. The molecule has 0 radical (unpaired) electrons. The first kappa shape index (κ1) is 28.5. The van der Waals surface area contributed by atoms with Gasteiger partial charge in [0.15, 0.2) is 17.6 Å². The number of aliphatic carboxylic acids is 1. The highest BCUT2D eigenvalue weighted by Gasteiger charge is 2.36. The number of carboxylic acid groups (broad SMARTS) is 1. The van der Waals surface area contributed by atoms with Gasteiger partial charge in [0.05, 0.1) is 10.6 Å². The molecule has 2 unspecified atom stereocenters. The Morgan fingerprint density at radius 2 is 1.79 bits per heavy atom. The number of ether oxygens (including phenoxy) is 2. The molecule has 0 aliphatic carbocycles. The van der Waals surface area contributed by atoms with Crippen LogP contribution in [0.2, 0.25) is 0 Å². The summed E-state index contributed by atoms with van der Waals surface area (Å²) in [6.07, 6.45) is -4.08.